The zero-order chi connectivity index (χ0) is 12.9. The van der Waals surface area contributed by atoms with Gasteiger partial charge in [0.25, 0.3) is 0 Å². The van der Waals surface area contributed by atoms with Crippen molar-refractivity contribution >= 4 is 18.3 Å². The van der Waals surface area contributed by atoms with Crippen molar-refractivity contribution in [1.29, 1.82) is 0 Å². The number of carbonyl (C=O) groups excluding carboxylic acids is 1. The second-order valence-electron chi connectivity index (χ2n) is 6.03. The number of hydrogen-bond donors (Lipinski definition) is 2. The third-order valence-corrected chi connectivity index (χ3v) is 4.32. The molecule has 0 radical (unpaired) electrons. The number of rotatable bonds is 5. The van der Waals surface area contributed by atoms with Crippen molar-refractivity contribution in [1.82, 2.24) is 5.32 Å². The minimum Gasteiger partial charge on any atom is -0.349 e. The van der Waals surface area contributed by atoms with Crippen LogP contribution in [0.25, 0.3) is 0 Å². The van der Waals surface area contributed by atoms with Gasteiger partial charge in [-0.3, -0.25) is 4.79 Å². The first-order valence-electron chi connectivity index (χ1n) is 6.99. The lowest BCUT2D eigenvalue weighted by Crippen LogP contribution is -2.55. The number of nitrogens with two attached hydrogens (primary N) is 1. The van der Waals surface area contributed by atoms with E-state index in [-0.39, 0.29) is 23.9 Å². The van der Waals surface area contributed by atoms with E-state index in [0.29, 0.717) is 24.8 Å². The molecule has 0 bridgehead atoms. The van der Waals surface area contributed by atoms with Gasteiger partial charge in [0.15, 0.2) is 0 Å². The van der Waals surface area contributed by atoms with Crippen molar-refractivity contribution in [2.24, 2.45) is 17.6 Å². The van der Waals surface area contributed by atoms with E-state index in [9.17, 15) is 4.79 Å². The van der Waals surface area contributed by atoms with Gasteiger partial charge in [0.2, 0.25) is 5.91 Å². The molecule has 18 heavy (non-hydrogen) atoms. The molecule has 1 rings (SSSR count). The van der Waals surface area contributed by atoms with E-state index >= 15 is 0 Å². The molecule has 3 N–H and O–H groups in total. The van der Waals surface area contributed by atoms with Gasteiger partial charge in [-0.15, -0.1) is 12.4 Å². The van der Waals surface area contributed by atoms with E-state index in [1.165, 1.54) is 32.1 Å². The fraction of sp³-hybridized carbons (Fsp3) is 0.929. The molecular formula is C14H29ClN2O. The van der Waals surface area contributed by atoms with E-state index in [1.54, 1.807) is 0 Å². The van der Waals surface area contributed by atoms with Crippen molar-refractivity contribution in [3.05, 3.63) is 0 Å². The molecule has 0 aliphatic heterocycles. The predicted octanol–water partition coefficient (Wildman–Crippen LogP) is 2.87. The van der Waals surface area contributed by atoms with E-state index in [2.05, 4.69) is 19.2 Å². The molecule has 1 fully saturated rings. The molecule has 0 aromatic heterocycles. The van der Waals surface area contributed by atoms with Crippen LogP contribution < -0.4 is 11.1 Å². The van der Waals surface area contributed by atoms with Crippen molar-refractivity contribution in [3.8, 4) is 0 Å². The standard InChI is InChI=1S/C14H28N2O.ClH/c1-11(2)14(3,10-15)16-13(17)9-12-7-5-4-6-8-12;/h11-12H,4-10,15H2,1-3H3,(H,16,17);1H. The summed E-state index contributed by atoms with van der Waals surface area (Å²) in [4.78, 5) is 12.0. The van der Waals surface area contributed by atoms with Gasteiger partial charge < -0.3 is 11.1 Å². The number of hydrogen-bond acceptors (Lipinski definition) is 2. The van der Waals surface area contributed by atoms with E-state index in [4.69, 9.17) is 5.73 Å². The fourth-order valence-electron chi connectivity index (χ4n) is 2.45. The summed E-state index contributed by atoms with van der Waals surface area (Å²) in [7, 11) is 0. The van der Waals surface area contributed by atoms with Crippen molar-refractivity contribution < 1.29 is 4.79 Å². The summed E-state index contributed by atoms with van der Waals surface area (Å²) in [5, 5.41) is 3.13. The lowest BCUT2D eigenvalue weighted by atomic mass is 9.85. The zero-order valence-electron chi connectivity index (χ0n) is 12.0. The summed E-state index contributed by atoms with van der Waals surface area (Å²) in [6, 6.07) is 0. The molecule has 0 aromatic carbocycles. The molecular weight excluding hydrogens is 248 g/mol. The molecule has 1 amide bonds. The second-order valence-corrected chi connectivity index (χ2v) is 6.03. The number of amides is 1. The molecule has 3 nitrogen and oxygen atoms in total. The molecule has 0 spiro atoms. The van der Waals surface area contributed by atoms with Gasteiger partial charge in [-0.05, 0) is 31.6 Å². The molecule has 108 valence electrons. The molecule has 1 unspecified atom stereocenters. The third kappa shape index (κ3) is 5.15. The fourth-order valence-corrected chi connectivity index (χ4v) is 2.45. The van der Waals surface area contributed by atoms with Gasteiger partial charge in [-0.1, -0.05) is 33.1 Å². The molecule has 0 aromatic rings. The first kappa shape index (κ1) is 17.7. The maximum Gasteiger partial charge on any atom is 0.220 e. The van der Waals surface area contributed by atoms with Crippen LogP contribution in [0, 0.1) is 11.8 Å². The Labute approximate surface area is 118 Å². The average Bonchev–Trinajstić information content (AvgIpc) is 2.29. The Morgan fingerprint density at radius 1 is 1.33 bits per heavy atom. The highest BCUT2D eigenvalue weighted by Crippen LogP contribution is 2.26. The first-order chi connectivity index (χ1) is 7.98. The smallest absolute Gasteiger partial charge is 0.220 e. The highest BCUT2D eigenvalue weighted by Gasteiger charge is 2.29. The number of carbonyl (C=O) groups is 1. The Hall–Kier alpha value is -0.280. The molecule has 4 heteroatoms. The molecule has 1 aliphatic carbocycles. The Bertz CT molecular complexity index is 252. The maximum absolute atomic E-state index is 12.0. The van der Waals surface area contributed by atoms with Crippen LogP contribution in [0.1, 0.15) is 59.3 Å². The highest BCUT2D eigenvalue weighted by molar-refractivity contribution is 5.85. The van der Waals surface area contributed by atoms with E-state index in [1.807, 2.05) is 6.92 Å². The van der Waals surface area contributed by atoms with Crippen molar-refractivity contribution in [2.75, 3.05) is 6.54 Å². The first-order valence-corrected chi connectivity index (χ1v) is 6.99. The molecule has 1 atom stereocenters. The summed E-state index contributed by atoms with van der Waals surface area (Å²) in [6.45, 7) is 6.75. The largest absolute Gasteiger partial charge is 0.349 e. The van der Waals surface area contributed by atoms with Gasteiger partial charge in [-0.2, -0.15) is 0 Å². The quantitative estimate of drug-likeness (QED) is 0.811. The lowest BCUT2D eigenvalue weighted by Gasteiger charge is -2.34. The van der Waals surface area contributed by atoms with Crippen LogP contribution in [0.3, 0.4) is 0 Å². The summed E-state index contributed by atoms with van der Waals surface area (Å²) in [5.74, 6) is 1.14. The summed E-state index contributed by atoms with van der Waals surface area (Å²) < 4.78 is 0. The van der Waals surface area contributed by atoms with Crippen LogP contribution in [0.15, 0.2) is 0 Å². The summed E-state index contributed by atoms with van der Waals surface area (Å²) >= 11 is 0. The summed E-state index contributed by atoms with van der Waals surface area (Å²) in [5.41, 5.74) is 5.52. The Kier molecular flexibility index (Phi) is 7.88. The molecule has 1 aliphatic rings. The topological polar surface area (TPSA) is 55.1 Å². The Morgan fingerprint density at radius 2 is 1.89 bits per heavy atom. The van der Waals surface area contributed by atoms with Crippen LogP contribution in [-0.2, 0) is 4.79 Å². The second kappa shape index (κ2) is 8.00. The van der Waals surface area contributed by atoms with Gasteiger partial charge in [0.1, 0.15) is 0 Å². The zero-order valence-corrected chi connectivity index (χ0v) is 12.8. The van der Waals surface area contributed by atoms with Gasteiger partial charge in [-0.25, -0.2) is 0 Å². The normalized spacial score (nSPS) is 20.1. The van der Waals surface area contributed by atoms with E-state index in [0.717, 1.165) is 0 Å². The lowest BCUT2D eigenvalue weighted by molar-refractivity contribution is -0.124. The van der Waals surface area contributed by atoms with E-state index < -0.39 is 0 Å². The van der Waals surface area contributed by atoms with Crippen LogP contribution in [-0.4, -0.2) is 18.0 Å². The molecule has 0 saturated heterocycles. The minimum atomic E-state index is -0.258. The van der Waals surface area contributed by atoms with Crippen molar-refractivity contribution in [2.45, 2.75) is 64.8 Å². The summed E-state index contributed by atoms with van der Waals surface area (Å²) in [6.07, 6.45) is 7.03. The van der Waals surface area contributed by atoms with Gasteiger partial charge in [0.05, 0.1) is 5.54 Å². The van der Waals surface area contributed by atoms with Crippen molar-refractivity contribution in [3.63, 3.8) is 0 Å². The van der Waals surface area contributed by atoms with Crippen LogP contribution >= 0.6 is 12.4 Å². The predicted molar refractivity (Wildman–Crippen MR) is 78.9 cm³/mol. The molecule has 1 saturated carbocycles. The minimum absolute atomic E-state index is 0. The number of nitrogens with one attached hydrogen (secondary N) is 1. The van der Waals surface area contributed by atoms with Crippen LogP contribution in [0.4, 0.5) is 0 Å². The number of halogens is 1. The van der Waals surface area contributed by atoms with Gasteiger partial charge >= 0.3 is 0 Å². The molecule has 0 heterocycles. The van der Waals surface area contributed by atoms with Crippen LogP contribution in [0.2, 0.25) is 0 Å². The monoisotopic (exact) mass is 276 g/mol. The average molecular weight is 277 g/mol. The Balaban J connectivity index is 0.00000289. The SMILES string of the molecule is CC(C)C(C)(CN)NC(=O)CC1CCCCC1.Cl. The van der Waals surface area contributed by atoms with Crippen LogP contribution in [0.5, 0.6) is 0 Å². The highest BCUT2D eigenvalue weighted by atomic mass is 35.5. The van der Waals surface area contributed by atoms with Gasteiger partial charge in [0, 0.05) is 13.0 Å². The third-order valence-electron chi connectivity index (χ3n) is 4.32. The Morgan fingerprint density at radius 3 is 2.33 bits per heavy atom. The maximum atomic E-state index is 12.0.